The van der Waals surface area contributed by atoms with Crippen molar-refractivity contribution >= 4 is 23.1 Å². The van der Waals surface area contributed by atoms with Crippen molar-refractivity contribution in [2.24, 2.45) is 0 Å². The van der Waals surface area contributed by atoms with Crippen LogP contribution in [0, 0.1) is 6.92 Å². The van der Waals surface area contributed by atoms with Gasteiger partial charge >= 0.3 is 0 Å². The maximum Gasteiger partial charge on any atom is 0.246 e. The molecule has 1 heterocycles. The molecule has 2 aromatic rings. The summed E-state index contributed by atoms with van der Waals surface area (Å²) >= 11 is 0. The van der Waals surface area contributed by atoms with Crippen molar-refractivity contribution in [1.82, 2.24) is 0 Å². The summed E-state index contributed by atoms with van der Waals surface area (Å²) in [6.07, 6.45) is 2.12. The van der Waals surface area contributed by atoms with E-state index in [0.717, 1.165) is 25.1 Å². The number of ketones is 1. The Morgan fingerprint density at radius 1 is 1.12 bits per heavy atom. The Morgan fingerprint density at radius 3 is 2.52 bits per heavy atom. The van der Waals surface area contributed by atoms with E-state index in [-0.39, 0.29) is 17.7 Å². The number of benzene rings is 2. The van der Waals surface area contributed by atoms with Crippen molar-refractivity contribution in [2.75, 3.05) is 16.8 Å². The number of nitrogens with zero attached hydrogens (tertiary/aromatic N) is 1. The number of fused-ring (bicyclic) bond motifs is 1. The third-order valence-corrected chi connectivity index (χ3v) is 4.80. The Balaban J connectivity index is 1.74. The molecule has 2 aromatic carbocycles. The van der Waals surface area contributed by atoms with E-state index in [1.165, 1.54) is 18.1 Å². The second kappa shape index (κ2) is 7.09. The quantitative estimate of drug-likeness (QED) is 0.859. The number of nitrogens with one attached hydrogen (secondary N) is 1. The van der Waals surface area contributed by atoms with E-state index in [1.807, 2.05) is 6.92 Å². The van der Waals surface area contributed by atoms with Gasteiger partial charge in [-0.2, -0.15) is 0 Å². The smallest absolute Gasteiger partial charge is 0.246 e. The molecular weight excluding hydrogens is 312 g/mol. The molecule has 1 amide bonds. The highest BCUT2D eigenvalue weighted by atomic mass is 16.2. The molecule has 0 aromatic heterocycles. The number of hydrogen-bond donors (Lipinski definition) is 1. The summed E-state index contributed by atoms with van der Waals surface area (Å²) in [5, 5.41) is 2.96. The molecule has 0 fully saturated rings. The van der Waals surface area contributed by atoms with Crippen LogP contribution in [0.25, 0.3) is 0 Å². The van der Waals surface area contributed by atoms with Crippen molar-refractivity contribution in [2.45, 2.75) is 39.7 Å². The number of carbonyl (C=O) groups is 2. The van der Waals surface area contributed by atoms with Crippen LogP contribution in [0.1, 0.15) is 41.8 Å². The fourth-order valence-electron chi connectivity index (χ4n) is 3.33. The van der Waals surface area contributed by atoms with Crippen LogP contribution in [0.3, 0.4) is 0 Å². The minimum absolute atomic E-state index is 0.0199. The van der Waals surface area contributed by atoms with Gasteiger partial charge in [0, 0.05) is 23.5 Å². The molecule has 25 heavy (non-hydrogen) atoms. The Bertz CT molecular complexity index is 796. The number of hydrogen-bond acceptors (Lipinski definition) is 3. The van der Waals surface area contributed by atoms with Gasteiger partial charge in [0.25, 0.3) is 0 Å². The predicted molar refractivity (Wildman–Crippen MR) is 101 cm³/mol. The highest BCUT2D eigenvalue weighted by Crippen LogP contribution is 2.29. The summed E-state index contributed by atoms with van der Waals surface area (Å²) in [7, 11) is 0. The van der Waals surface area contributed by atoms with Gasteiger partial charge < -0.3 is 10.2 Å². The SMILES string of the molecule is CC(=O)c1ccc(NC(=O)[C@@H](C)N2CCCc3cc(C)ccc32)cc1. The van der Waals surface area contributed by atoms with Gasteiger partial charge in [-0.3, -0.25) is 9.59 Å². The van der Waals surface area contributed by atoms with Crippen molar-refractivity contribution in [3.8, 4) is 0 Å². The maximum atomic E-state index is 12.7. The highest BCUT2D eigenvalue weighted by Gasteiger charge is 2.26. The number of amides is 1. The number of aryl methyl sites for hydroxylation is 2. The van der Waals surface area contributed by atoms with E-state index in [2.05, 4.69) is 35.3 Å². The minimum Gasteiger partial charge on any atom is -0.360 e. The molecular formula is C21H24N2O2. The molecule has 0 saturated carbocycles. The minimum atomic E-state index is -0.255. The van der Waals surface area contributed by atoms with Crippen molar-refractivity contribution in [3.05, 3.63) is 59.2 Å². The first-order valence-electron chi connectivity index (χ1n) is 8.74. The first-order valence-corrected chi connectivity index (χ1v) is 8.74. The van der Waals surface area contributed by atoms with E-state index in [4.69, 9.17) is 0 Å². The third kappa shape index (κ3) is 3.73. The number of carbonyl (C=O) groups excluding carboxylic acids is 2. The van der Waals surface area contributed by atoms with Crippen LogP contribution in [0.2, 0.25) is 0 Å². The first kappa shape index (κ1) is 17.2. The highest BCUT2D eigenvalue weighted by molar-refractivity contribution is 5.98. The number of rotatable bonds is 4. The Hall–Kier alpha value is -2.62. The van der Waals surface area contributed by atoms with Crippen LogP contribution in [-0.4, -0.2) is 24.3 Å². The first-order chi connectivity index (χ1) is 12.0. The van der Waals surface area contributed by atoms with Gasteiger partial charge in [0.05, 0.1) is 0 Å². The van der Waals surface area contributed by atoms with Gasteiger partial charge in [-0.05, 0) is 69.5 Å². The van der Waals surface area contributed by atoms with Gasteiger partial charge in [-0.1, -0.05) is 17.7 Å². The molecule has 0 bridgehead atoms. The average Bonchev–Trinajstić information content (AvgIpc) is 2.60. The van der Waals surface area contributed by atoms with Crippen LogP contribution >= 0.6 is 0 Å². The topological polar surface area (TPSA) is 49.4 Å². The Kier molecular flexibility index (Phi) is 4.88. The normalized spacial score (nSPS) is 14.6. The monoisotopic (exact) mass is 336 g/mol. The molecule has 0 spiro atoms. The molecule has 4 nitrogen and oxygen atoms in total. The molecule has 0 aliphatic carbocycles. The summed E-state index contributed by atoms with van der Waals surface area (Å²) in [6.45, 7) is 6.45. The molecule has 1 aliphatic rings. The lowest BCUT2D eigenvalue weighted by Crippen LogP contribution is -2.44. The summed E-state index contributed by atoms with van der Waals surface area (Å²) in [5.74, 6) is -0.0181. The van der Waals surface area contributed by atoms with E-state index in [1.54, 1.807) is 24.3 Å². The van der Waals surface area contributed by atoms with E-state index < -0.39 is 0 Å². The predicted octanol–water partition coefficient (Wildman–Crippen LogP) is 3.98. The van der Waals surface area contributed by atoms with Gasteiger partial charge in [-0.15, -0.1) is 0 Å². The largest absolute Gasteiger partial charge is 0.360 e. The molecule has 0 radical (unpaired) electrons. The van der Waals surface area contributed by atoms with Crippen LogP contribution in [0.4, 0.5) is 11.4 Å². The van der Waals surface area contributed by atoms with Gasteiger partial charge in [0.2, 0.25) is 5.91 Å². The van der Waals surface area contributed by atoms with Crippen LogP contribution in [-0.2, 0) is 11.2 Å². The van der Waals surface area contributed by atoms with Gasteiger partial charge in [0.1, 0.15) is 6.04 Å². The van der Waals surface area contributed by atoms with Crippen molar-refractivity contribution in [3.63, 3.8) is 0 Å². The number of anilines is 2. The fourth-order valence-corrected chi connectivity index (χ4v) is 3.33. The maximum absolute atomic E-state index is 12.7. The van der Waals surface area contributed by atoms with E-state index in [0.29, 0.717) is 11.3 Å². The summed E-state index contributed by atoms with van der Waals surface area (Å²) in [6, 6.07) is 13.2. The summed E-state index contributed by atoms with van der Waals surface area (Å²) in [4.78, 5) is 26.2. The lowest BCUT2D eigenvalue weighted by Gasteiger charge is -2.35. The molecule has 1 N–H and O–H groups in total. The van der Waals surface area contributed by atoms with Crippen LogP contribution in [0.15, 0.2) is 42.5 Å². The third-order valence-electron chi connectivity index (χ3n) is 4.80. The van der Waals surface area contributed by atoms with Gasteiger partial charge in [0.15, 0.2) is 5.78 Å². The lowest BCUT2D eigenvalue weighted by atomic mass is 9.98. The second-order valence-corrected chi connectivity index (χ2v) is 6.73. The van der Waals surface area contributed by atoms with E-state index in [9.17, 15) is 9.59 Å². The zero-order valence-corrected chi connectivity index (χ0v) is 15.0. The summed E-state index contributed by atoms with van der Waals surface area (Å²) in [5.41, 5.74) is 5.08. The number of Topliss-reactive ketones (excluding diaryl/α,β-unsaturated/α-hetero) is 1. The van der Waals surface area contributed by atoms with Crippen molar-refractivity contribution in [1.29, 1.82) is 0 Å². The molecule has 1 atom stereocenters. The molecule has 1 aliphatic heterocycles. The fraction of sp³-hybridized carbons (Fsp3) is 0.333. The standard InChI is InChI=1S/C21H24N2O2/c1-14-6-11-20-18(13-14)5-4-12-23(20)15(2)21(25)22-19-9-7-17(8-10-19)16(3)24/h6-11,13,15H,4-5,12H2,1-3H3,(H,22,25)/t15-/m1/s1. The zero-order valence-electron chi connectivity index (χ0n) is 15.0. The van der Waals surface area contributed by atoms with Gasteiger partial charge in [-0.25, -0.2) is 0 Å². The molecule has 4 heteroatoms. The zero-order chi connectivity index (χ0) is 18.0. The lowest BCUT2D eigenvalue weighted by molar-refractivity contribution is -0.117. The van der Waals surface area contributed by atoms with E-state index >= 15 is 0 Å². The summed E-state index contributed by atoms with van der Waals surface area (Å²) < 4.78 is 0. The molecule has 3 rings (SSSR count). The Morgan fingerprint density at radius 2 is 1.84 bits per heavy atom. The van der Waals surface area contributed by atoms with Crippen LogP contribution in [0.5, 0.6) is 0 Å². The molecule has 0 unspecified atom stereocenters. The average molecular weight is 336 g/mol. The van der Waals surface area contributed by atoms with Crippen LogP contribution < -0.4 is 10.2 Å². The second-order valence-electron chi connectivity index (χ2n) is 6.73. The molecule has 130 valence electrons. The van der Waals surface area contributed by atoms with Crippen molar-refractivity contribution < 1.29 is 9.59 Å². The Labute approximate surface area is 148 Å². The molecule has 0 saturated heterocycles.